The first-order valence-electron chi connectivity index (χ1n) is 5.38. The molecule has 0 radical (unpaired) electrons. The van der Waals surface area contributed by atoms with Crippen molar-refractivity contribution in [1.29, 1.82) is 0 Å². The van der Waals surface area contributed by atoms with Gasteiger partial charge in [-0.1, -0.05) is 49.5 Å². The maximum absolute atomic E-state index is 5.92. The van der Waals surface area contributed by atoms with E-state index in [-0.39, 0.29) is 0 Å². The third kappa shape index (κ3) is 3.28. The van der Waals surface area contributed by atoms with Gasteiger partial charge in [-0.15, -0.1) is 0 Å². The predicted molar refractivity (Wildman–Crippen MR) is 83.0 cm³/mol. The molecule has 0 heterocycles. The summed E-state index contributed by atoms with van der Waals surface area (Å²) in [5.41, 5.74) is 2.21. The van der Waals surface area contributed by atoms with Crippen LogP contribution in [-0.4, -0.2) is 0 Å². The molecule has 0 aliphatic carbocycles. The Morgan fingerprint density at radius 2 is 1.94 bits per heavy atom. The van der Waals surface area contributed by atoms with Gasteiger partial charge in [0.25, 0.3) is 0 Å². The van der Waals surface area contributed by atoms with Gasteiger partial charge in [0, 0.05) is 14.8 Å². The highest BCUT2D eigenvalue weighted by Gasteiger charge is 2.05. The third-order valence-corrected chi connectivity index (χ3v) is 4.11. The first kappa shape index (κ1) is 13.9. The van der Waals surface area contributed by atoms with Crippen molar-refractivity contribution in [3.8, 4) is 11.5 Å². The van der Waals surface area contributed by atoms with E-state index in [1.165, 1.54) is 5.56 Å². The van der Waals surface area contributed by atoms with Crippen molar-refractivity contribution in [3.63, 3.8) is 0 Å². The van der Waals surface area contributed by atoms with Crippen LogP contribution in [0.5, 0.6) is 11.5 Å². The molecule has 2 aromatic carbocycles. The number of aryl methyl sites for hydroxylation is 1. The standard InChI is InChI=1S/C14H11Br2ClO/c1-9-6-11(17)3-5-14(9)18-12-4-2-10(8-15)13(16)7-12/h2-7H,8H2,1H3. The Hall–Kier alpha value is -0.510. The molecule has 94 valence electrons. The largest absolute Gasteiger partial charge is 0.457 e. The number of alkyl halides is 1. The first-order chi connectivity index (χ1) is 8.60. The van der Waals surface area contributed by atoms with Crippen LogP contribution in [0, 0.1) is 6.92 Å². The number of hydrogen-bond acceptors (Lipinski definition) is 1. The molecular weight excluding hydrogens is 379 g/mol. The van der Waals surface area contributed by atoms with Crippen LogP contribution in [-0.2, 0) is 5.33 Å². The molecule has 18 heavy (non-hydrogen) atoms. The summed E-state index contributed by atoms with van der Waals surface area (Å²) in [7, 11) is 0. The molecule has 0 aromatic heterocycles. The molecular formula is C14H11Br2ClO. The molecule has 1 nitrogen and oxygen atoms in total. The SMILES string of the molecule is Cc1cc(Cl)ccc1Oc1ccc(CBr)c(Br)c1. The monoisotopic (exact) mass is 388 g/mol. The first-order valence-corrected chi connectivity index (χ1v) is 7.68. The van der Waals surface area contributed by atoms with Gasteiger partial charge in [0.05, 0.1) is 0 Å². The molecule has 2 aromatic rings. The van der Waals surface area contributed by atoms with Crippen LogP contribution in [0.1, 0.15) is 11.1 Å². The predicted octanol–water partition coefficient (Wildman–Crippen LogP) is 6.10. The summed E-state index contributed by atoms with van der Waals surface area (Å²) in [6.45, 7) is 1.98. The van der Waals surface area contributed by atoms with E-state index < -0.39 is 0 Å². The highest BCUT2D eigenvalue weighted by molar-refractivity contribution is 9.10. The number of halogens is 3. The number of rotatable bonds is 3. The molecule has 4 heteroatoms. The average molecular weight is 391 g/mol. The van der Waals surface area contributed by atoms with Crippen LogP contribution in [0.25, 0.3) is 0 Å². The average Bonchev–Trinajstić information content (AvgIpc) is 2.33. The minimum absolute atomic E-state index is 0.718. The Labute approximate surface area is 128 Å². The van der Waals surface area contributed by atoms with E-state index >= 15 is 0 Å². The van der Waals surface area contributed by atoms with Gasteiger partial charge >= 0.3 is 0 Å². The van der Waals surface area contributed by atoms with Gasteiger partial charge in [-0.2, -0.15) is 0 Å². The lowest BCUT2D eigenvalue weighted by Gasteiger charge is -2.10. The number of hydrogen-bond donors (Lipinski definition) is 0. The van der Waals surface area contributed by atoms with E-state index in [9.17, 15) is 0 Å². The highest BCUT2D eigenvalue weighted by atomic mass is 79.9. The van der Waals surface area contributed by atoms with E-state index in [0.29, 0.717) is 0 Å². The highest BCUT2D eigenvalue weighted by Crippen LogP contribution is 2.30. The zero-order chi connectivity index (χ0) is 13.1. The van der Waals surface area contributed by atoms with Crippen molar-refractivity contribution in [1.82, 2.24) is 0 Å². The van der Waals surface area contributed by atoms with Gasteiger partial charge in [0.15, 0.2) is 0 Å². The second kappa shape index (κ2) is 6.09. The summed E-state index contributed by atoms with van der Waals surface area (Å²) < 4.78 is 6.87. The summed E-state index contributed by atoms with van der Waals surface area (Å²) in [5.74, 6) is 1.62. The van der Waals surface area contributed by atoms with Crippen LogP contribution >= 0.6 is 43.5 Å². The molecule has 0 aliphatic heterocycles. The summed E-state index contributed by atoms with van der Waals surface area (Å²) in [6.07, 6.45) is 0. The van der Waals surface area contributed by atoms with Crippen molar-refractivity contribution < 1.29 is 4.74 Å². The Morgan fingerprint density at radius 3 is 2.56 bits per heavy atom. The third-order valence-electron chi connectivity index (χ3n) is 2.53. The number of ether oxygens (including phenoxy) is 1. The van der Waals surface area contributed by atoms with E-state index in [0.717, 1.165) is 31.9 Å². The fourth-order valence-electron chi connectivity index (χ4n) is 1.55. The lowest BCUT2D eigenvalue weighted by molar-refractivity contribution is 0.478. The molecule has 0 N–H and O–H groups in total. The Kier molecular flexibility index (Phi) is 4.71. The Morgan fingerprint density at radius 1 is 1.17 bits per heavy atom. The van der Waals surface area contributed by atoms with E-state index in [4.69, 9.17) is 16.3 Å². The van der Waals surface area contributed by atoms with Gasteiger partial charge in [-0.3, -0.25) is 0 Å². The Bertz CT molecular complexity index is 570. The molecule has 0 bridgehead atoms. The zero-order valence-corrected chi connectivity index (χ0v) is 13.6. The zero-order valence-electron chi connectivity index (χ0n) is 9.71. The molecule has 0 amide bonds. The van der Waals surface area contributed by atoms with Crippen molar-refractivity contribution >= 4 is 43.5 Å². The van der Waals surface area contributed by atoms with Crippen LogP contribution in [0.2, 0.25) is 5.02 Å². The van der Waals surface area contributed by atoms with Crippen molar-refractivity contribution in [3.05, 3.63) is 57.0 Å². The van der Waals surface area contributed by atoms with E-state index in [1.807, 2.05) is 43.3 Å². The minimum atomic E-state index is 0.718. The maximum Gasteiger partial charge on any atom is 0.130 e. The molecule has 0 aliphatic rings. The second-order valence-electron chi connectivity index (χ2n) is 3.90. The van der Waals surface area contributed by atoms with Gasteiger partial charge in [-0.05, 0) is 48.4 Å². The van der Waals surface area contributed by atoms with Crippen molar-refractivity contribution in [2.75, 3.05) is 0 Å². The molecule has 0 saturated carbocycles. The summed E-state index contributed by atoms with van der Waals surface area (Å²) in [5, 5.41) is 1.53. The fourth-order valence-corrected chi connectivity index (χ4v) is 3.14. The van der Waals surface area contributed by atoms with Crippen LogP contribution in [0.4, 0.5) is 0 Å². The normalized spacial score (nSPS) is 10.4. The summed E-state index contributed by atoms with van der Waals surface area (Å²) in [6, 6.07) is 11.5. The fraction of sp³-hybridized carbons (Fsp3) is 0.143. The molecule has 0 fully saturated rings. The van der Waals surface area contributed by atoms with Gasteiger partial charge in [-0.25, -0.2) is 0 Å². The van der Waals surface area contributed by atoms with Crippen LogP contribution in [0.15, 0.2) is 40.9 Å². The van der Waals surface area contributed by atoms with Gasteiger partial charge < -0.3 is 4.74 Å². The lowest BCUT2D eigenvalue weighted by atomic mass is 10.2. The van der Waals surface area contributed by atoms with Crippen LogP contribution in [0.3, 0.4) is 0 Å². The van der Waals surface area contributed by atoms with E-state index in [2.05, 4.69) is 31.9 Å². The quantitative estimate of drug-likeness (QED) is 0.576. The molecule has 0 spiro atoms. The summed E-state index contributed by atoms with van der Waals surface area (Å²) >= 11 is 12.9. The topological polar surface area (TPSA) is 9.23 Å². The van der Waals surface area contributed by atoms with Gasteiger partial charge in [0.1, 0.15) is 11.5 Å². The lowest BCUT2D eigenvalue weighted by Crippen LogP contribution is -1.89. The number of benzene rings is 2. The Balaban J connectivity index is 2.26. The molecule has 0 saturated heterocycles. The summed E-state index contributed by atoms with van der Waals surface area (Å²) in [4.78, 5) is 0. The molecule has 0 unspecified atom stereocenters. The van der Waals surface area contributed by atoms with Crippen molar-refractivity contribution in [2.45, 2.75) is 12.3 Å². The second-order valence-corrected chi connectivity index (χ2v) is 5.75. The van der Waals surface area contributed by atoms with Crippen LogP contribution < -0.4 is 4.74 Å². The van der Waals surface area contributed by atoms with Gasteiger partial charge in [0.2, 0.25) is 0 Å². The van der Waals surface area contributed by atoms with E-state index in [1.54, 1.807) is 0 Å². The van der Waals surface area contributed by atoms with Crippen molar-refractivity contribution in [2.24, 2.45) is 0 Å². The molecule has 2 rings (SSSR count). The minimum Gasteiger partial charge on any atom is -0.457 e. The molecule has 0 atom stereocenters. The smallest absolute Gasteiger partial charge is 0.130 e. The maximum atomic E-state index is 5.92.